The molecule has 1 atom stereocenters. The van der Waals surface area contributed by atoms with Crippen molar-refractivity contribution in [3.05, 3.63) is 65.2 Å². The number of hydrogen-bond donors (Lipinski definition) is 1. The number of rotatable bonds is 5. The zero-order chi connectivity index (χ0) is 14.5. The van der Waals surface area contributed by atoms with E-state index in [9.17, 15) is 8.78 Å². The molecule has 0 saturated carbocycles. The van der Waals surface area contributed by atoms with Gasteiger partial charge in [0.2, 0.25) is 0 Å². The molecular weight excluding hydrogens is 260 g/mol. The molecule has 0 radical (unpaired) electrons. The average Bonchev–Trinajstić information content (AvgIpc) is 2.44. The third-order valence-corrected chi connectivity index (χ3v) is 3.15. The van der Waals surface area contributed by atoms with Gasteiger partial charge in [-0.3, -0.25) is 0 Å². The summed E-state index contributed by atoms with van der Waals surface area (Å²) in [7, 11) is 1.62. The lowest BCUT2D eigenvalue weighted by Crippen LogP contribution is -2.18. The van der Waals surface area contributed by atoms with Crippen LogP contribution in [0.3, 0.4) is 0 Å². The Balaban J connectivity index is 1.98. The zero-order valence-corrected chi connectivity index (χ0v) is 11.5. The topological polar surface area (TPSA) is 21.3 Å². The number of methoxy groups -OCH3 is 1. The Bertz CT molecular complexity index is 549. The molecule has 2 rings (SSSR count). The van der Waals surface area contributed by atoms with Gasteiger partial charge in [-0.1, -0.05) is 12.1 Å². The van der Waals surface area contributed by atoms with E-state index < -0.39 is 11.6 Å². The Morgan fingerprint density at radius 1 is 1.05 bits per heavy atom. The van der Waals surface area contributed by atoms with Gasteiger partial charge < -0.3 is 10.1 Å². The van der Waals surface area contributed by atoms with Gasteiger partial charge in [0.15, 0.2) is 0 Å². The standard InChI is InChI=1S/C16H17F2NO/c1-11(13-3-5-16(20-2)6-4-13)19-10-12-7-14(17)9-15(18)8-12/h3-9,11,19H,10H2,1-2H3/t11-/m1/s1. The maximum atomic E-state index is 13.1. The minimum atomic E-state index is -0.557. The lowest BCUT2D eigenvalue weighted by Gasteiger charge is -2.15. The molecule has 2 aromatic rings. The second-order valence-corrected chi connectivity index (χ2v) is 4.65. The number of nitrogens with one attached hydrogen (secondary N) is 1. The van der Waals surface area contributed by atoms with E-state index in [1.807, 2.05) is 31.2 Å². The van der Waals surface area contributed by atoms with E-state index in [0.29, 0.717) is 12.1 Å². The molecule has 0 fully saturated rings. The van der Waals surface area contributed by atoms with Gasteiger partial charge in [-0.25, -0.2) is 8.78 Å². The Hall–Kier alpha value is -1.94. The number of benzene rings is 2. The lowest BCUT2D eigenvalue weighted by molar-refractivity contribution is 0.414. The Kier molecular flexibility index (Phi) is 4.69. The summed E-state index contributed by atoms with van der Waals surface area (Å²) < 4.78 is 31.3. The second-order valence-electron chi connectivity index (χ2n) is 4.65. The predicted octanol–water partition coefficient (Wildman–Crippen LogP) is 3.82. The summed E-state index contributed by atoms with van der Waals surface area (Å²) in [6.07, 6.45) is 0. The number of hydrogen-bond acceptors (Lipinski definition) is 2. The van der Waals surface area contributed by atoms with Crippen LogP contribution in [-0.4, -0.2) is 7.11 Å². The summed E-state index contributed by atoms with van der Waals surface area (Å²) in [6, 6.07) is 11.3. The van der Waals surface area contributed by atoms with Gasteiger partial charge in [-0.15, -0.1) is 0 Å². The second kappa shape index (κ2) is 6.48. The molecule has 0 aliphatic carbocycles. The molecular formula is C16H17F2NO. The fraction of sp³-hybridized carbons (Fsp3) is 0.250. The monoisotopic (exact) mass is 277 g/mol. The third kappa shape index (κ3) is 3.78. The molecule has 0 aliphatic rings. The number of ether oxygens (including phenoxy) is 1. The van der Waals surface area contributed by atoms with Crippen molar-refractivity contribution >= 4 is 0 Å². The Morgan fingerprint density at radius 2 is 1.65 bits per heavy atom. The van der Waals surface area contributed by atoms with Crippen LogP contribution in [0.4, 0.5) is 8.78 Å². The summed E-state index contributed by atoms with van der Waals surface area (Å²) in [5.74, 6) is -0.314. The van der Waals surface area contributed by atoms with E-state index >= 15 is 0 Å². The average molecular weight is 277 g/mol. The van der Waals surface area contributed by atoms with E-state index in [0.717, 1.165) is 17.4 Å². The van der Waals surface area contributed by atoms with Crippen LogP contribution in [0.25, 0.3) is 0 Å². The van der Waals surface area contributed by atoms with Crippen LogP contribution in [0.1, 0.15) is 24.1 Å². The van der Waals surface area contributed by atoms with E-state index in [1.54, 1.807) is 7.11 Å². The molecule has 0 amide bonds. The SMILES string of the molecule is COc1ccc([C@@H](C)NCc2cc(F)cc(F)c2)cc1. The van der Waals surface area contributed by atoms with Gasteiger partial charge in [-0.2, -0.15) is 0 Å². The molecule has 0 spiro atoms. The summed E-state index contributed by atoms with van der Waals surface area (Å²) in [5.41, 5.74) is 1.67. The van der Waals surface area contributed by atoms with Crippen molar-refractivity contribution in [2.24, 2.45) is 0 Å². The van der Waals surface area contributed by atoms with E-state index in [-0.39, 0.29) is 6.04 Å². The highest BCUT2D eigenvalue weighted by Gasteiger charge is 2.06. The van der Waals surface area contributed by atoms with Gasteiger partial charge in [0.25, 0.3) is 0 Å². The summed E-state index contributed by atoms with van der Waals surface area (Å²) in [4.78, 5) is 0. The molecule has 0 bridgehead atoms. The number of halogens is 2. The molecule has 106 valence electrons. The van der Waals surface area contributed by atoms with Crippen molar-refractivity contribution in [3.8, 4) is 5.75 Å². The maximum absolute atomic E-state index is 13.1. The van der Waals surface area contributed by atoms with Crippen LogP contribution in [0.15, 0.2) is 42.5 Å². The van der Waals surface area contributed by atoms with Crippen LogP contribution < -0.4 is 10.1 Å². The molecule has 4 heteroatoms. The first-order chi connectivity index (χ1) is 9.58. The summed E-state index contributed by atoms with van der Waals surface area (Å²) in [6.45, 7) is 2.40. The molecule has 0 aromatic heterocycles. The maximum Gasteiger partial charge on any atom is 0.126 e. The molecule has 1 N–H and O–H groups in total. The van der Waals surface area contributed by atoms with Crippen LogP contribution in [-0.2, 0) is 6.54 Å². The summed E-state index contributed by atoms with van der Waals surface area (Å²) in [5, 5.41) is 3.23. The zero-order valence-electron chi connectivity index (χ0n) is 11.5. The quantitative estimate of drug-likeness (QED) is 0.897. The third-order valence-electron chi connectivity index (χ3n) is 3.15. The minimum absolute atomic E-state index is 0.0761. The minimum Gasteiger partial charge on any atom is -0.497 e. The predicted molar refractivity (Wildman–Crippen MR) is 74.6 cm³/mol. The van der Waals surface area contributed by atoms with Crippen molar-refractivity contribution in [2.75, 3.05) is 7.11 Å². The van der Waals surface area contributed by atoms with E-state index in [1.165, 1.54) is 12.1 Å². The van der Waals surface area contributed by atoms with E-state index in [2.05, 4.69) is 5.32 Å². The first-order valence-electron chi connectivity index (χ1n) is 6.41. The molecule has 20 heavy (non-hydrogen) atoms. The van der Waals surface area contributed by atoms with Gasteiger partial charge >= 0.3 is 0 Å². The van der Waals surface area contributed by atoms with Gasteiger partial charge in [0.1, 0.15) is 17.4 Å². The van der Waals surface area contributed by atoms with E-state index in [4.69, 9.17) is 4.74 Å². The van der Waals surface area contributed by atoms with Gasteiger partial charge in [0, 0.05) is 18.7 Å². The Morgan fingerprint density at radius 3 is 2.20 bits per heavy atom. The first-order valence-corrected chi connectivity index (χ1v) is 6.41. The highest BCUT2D eigenvalue weighted by molar-refractivity contribution is 5.29. The largest absolute Gasteiger partial charge is 0.497 e. The first kappa shape index (κ1) is 14.5. The molecule has 0 heterocycles. The Labute approximate surface area is 117 Å². The van der Waals surface area contributed by atoms with Crippen molar-refractivity contribution < 1.29 is 13.5 Å². The fourth-order valence-electron chi connectivity index (χ4n) is 1.99. The molecule has 0 unspecified atom stereocenters. The molecule has 2 aromatic carbocycles. The highest BCUT2D eigenvalue weighted by Crippen LogP contribution is 2.18. The summed E-state index contributed by atoms with van der Waals surface area (Å²) >= 11 is 0. The lowest BCUT2D eigenvalue weighted by atomic mass is 10.1. The van der Waals surface area contributed by atoms with Gasteiger partial charge in [-0.05, 0) is 42.3 Å². The van der Waals surface area contributed by atoms with Crippen molar-refractivity contribution in [3.63, 3.8) is 0 Å². The fourth-order valence-corrected chi connectivity index (χ4v) is 1.99. The molecule has 0 saturated heterocycles. The molecule has 0 aliphatic heterocycles. The normalized spacial score (nSPS) is 12.2. The van der Waals surface area contributed by atoms with Crippen molar-refractivity contribution in [2.45, 2.75) is 19.5 Å². The van der Waals surface area contributed by atoms with Crippen LogP contribution >= 0.6 is 0 Å². The smallest absolute Gasteiger partial charge is 0.126 e. The highest BCUT2D eigenvalue weighted by atomic mass is 19.1. The van der Waals surface area contributed by atoms with Gasteiger partial charge in [0.05, 0.1) is 7.11 Å². The van der Waals surface area contributed by atoms with Crippen LogP contribution in [0.5, 0.6) is 5.75 Å². The van der Waals surface area contributed by atoms with Crippen molar-refractivity contribution in [1.82, 2.24) is 5.32 Å². The van der Waals surface area contributed by atoms with Crippen LogP contribution in [0.2, 0.25) is 0 Å². The van der Waals surface area contributed by atoms with Crippen molar-refractivity contribution in [1.29, 1.82) is 0 Å². The molecule has 2 nitrogen and oxygen atoms in total. The van der Waals surface area contributed by atoms with Crippen LogP contribution in [0, 0.1) is 11.6 Å².